The van der Waals surface area contributed by atoms with Crippen LogP contribution in [0.25, 0.3) is 0 Å². The molecule has 4 nitrogen and oxygen atoms in total. The molecule has 21 heavy (non-hydrogen) atoms. The van der Waals surface area contributed by atoms with Gasteiger partial charge in [0, 0.05) is 0 Å². The molecule has 2 N–H and O–H groups in total. The Morgan fingerprint density at radius 3 is 2.14 bits per heavy atom. The van der Waals surface area contributed by atoms with E-state index in [1.54, 1.807) is 0 Å². The molecule has 0 bridgehead atoms. The topological polar surface area (TPSA) is 58.6 Å². The number of benzene rings is 2. The Balaban J connectivity index is 1.86. The minimum absolute atomic E-state index is 0.256. The van der Waals surface area contributed by atoms with E-state index < -0.39 is 6.09 Å². The highest BCUT2D eigenvalue weighted by Gasteiger charge is 2.12. The Bertz CT molecular complexity index is 542. The molecule has 1 unspecified atom stereocenters. The monoisotopic (exact) mass is 285 g/mol. The van der Waals surface area contributed by atoms with Crippen molar-refractivity contribution >= 4 is 6.09 Å². The maximum Gasteiger partial charge on any atom is 0.404 e. The summed E-state index contributed by atoms with van der Waals surface area (Å²) >= 11 is 0. The van der Waals surface area contributed by atoms with E-state index in [0.717, 1.165) is 11.1 Å². The first-order valence-electron chi connectivity index (χ1n) is 6.89. The Morgan fingerprint density at radius 2 is 1.57 bits per heavy atom. The lowest BCUT2D eigenvalue weighted by Gasteiger charge is -2.17. The fraction of sp³-hybridized carbons (Fsp3) is 0.235. The average Bonchev–Trinajstić information content (AvgIpc) is 2.49. The van der Waals surface area contributed by atoms with Crippen molar-refractivity contribution in [2.75, 3.05) is 6.61 Å². The number of ether oxygens (including phenoxy) is 1. The van der Waals surface area contributed by atoms with Crippen LogP contribution in [0, 0.1) is 0 Å². The van der Waals surface area contributed by atoms with Crippen molar-refractivity contribution in [3.05, 3.63) is 71.8 Å². The standard InChI is InChI=1S/C17H19NO3/c19-17(20)18-16(11-14-7-3-1-4-8-14)13-21-12-15-9-5-2-6-10-15/h1-10,16,18H,11-13H2,(H,19,20). The van der Waals surface area contributed by atoms with Crippen molar-refractivity contribution in [1.82, 2.24) is 5.32 Å². The van der Waals surface area contributed by atoms with Crippen LogP contribution >= 0.6 is 0 Å². The van der Waals surface area contributed by atoms with Crippen LogP contribution in [0.5, 0.6) is 0 Å². The van der Waals surface area contributed by atoms with Gasteiger partial charge in [0.2, 0.25) is 0 Å². The first kappa shape index (κ1) is 15.1. The summed E-state index contributed by atoms with van der Waals surface area (Å²) in [5.74, 6) is 0. The molecule has 0 saturated carbocycles. The van der Waals surface area contributed by atoms with Crippen LogP contribution in [-0.4, -0.2) is 23.8 Å². The number of carbonyl (C=O) groups is 1. The highest BCUT2D eigenvalue weighted by molar-refractivity contribution is 5.64. The van der Waals surface area contributed by atoms with Crippen LogP contribution in [0.4, 0.5) is 4.79 Å². The van der Waals surface area contributed by atoms with Crippen LogP contribution < -0.4 is 5.32 Å². The average molecular weight is 285 g/mol. The van der Waals surface area contributed by atoms with Crippen LogP contribution in [0.3, 0.4) is 0 Å². The molecule has 0 fully saturated rings. The van der Waals surface area contributed by atoms with Crippen molar-refractivity contribution in [3.63, 3.8) is 0 Å². The minimum Gasteiger partial charge on any atom is -0.465 e. The molecule has 2 aromatic carbocycles. The second-order valence-electron chi connectivity index (χ2n) is 4.84. The van der Waals surface area contributed by atoms with Crippen molar-refractivity contribution in [2.45, 2.75) is 19.1 Å². The Kier molecular flexibility index (Phi) is 5.79. The summed E-state index contributed by atoms with van der Waals surface area (Å²) in [7, 11) is 0. The van der Waals surface area contributed by atoms with E-state index in [1.165, 1.54) is 0 Å². The van der Waals surface area contributed by atoms with Gasteiger partial charge < -0.3 is 15.2 Å². The van der Waals surface area contributed by atoms with Gasteiger partial charge in [-0.3, -0.25) is 0 Å². The number of nitrogens with one attached hydrogen (secondary N) is 1. The molecule has 1 amide bonds. The summed E-state index contributed by atoms with van der Waals surface area (Å²) in [5.41, 5.74) is 2.16. The van der Waals surface area contributed by atoms with Crippen molar-refractivity contribution in [3.8, 4) is 0 Å². The second kappa shape index (κ2) is 8.07. The number of carboxylic acid groups (broad SMARTS) is 1. The number of amides is 1. The van der Waals surface area contributed by atoms with Gasteiger partial charge in [-0.2, -0.15) is 0 Å². The molecule has 110 valence electrons. The number of rotatable bonds is 7. The summed E-state index contributed by atoms with van der Waals surface area (Å²) < 4.78 is 5.63. The zero-order chi connectivity index (χ0) is 14.9. The van der Waals surface area contributed by atoms with Crippen molar-refractivity contribution < 1.29 is 14.6 Å². The highest BCUT2D eigenvalue weighted by atomic mass is 16.5. The zero-order valence-corrected chi connectivity index (χ0v) is 11.7. The molecule has 2 rings (SSSR count). The minimum atomic E-state index is -1.03. The zero-order valence-electron chi connectivity index (χ0n) is 11.7. The summed E-state index contributed by atoms with van der Waals surface area (Å²) in [5, 5.41) is 11.4. The summed E-state index contributed by atoms with van der Waals surface area (Å²) in [6.45, 7) is 0.823. The predicted octanol–water partition coefficient (Wildman–Crippen LogP) is 3.08. The molecule has 2 aromatic rings. The van der Waals surface area contributed by atoms with Crippen LogP contribution in [-0.2, 0) is 17.8 Å². The summed E-state index contributed by atoms with van der Waals surface area (Å²) in [6, 6.07) is 19.4. The lowest BCUT2D eigenvalue weighted by molar-refractivity contribution is 0.0964. The largest absolute Gasteiger partial charge is 0.465 e. The molecular weight excluding hydrogens is 266 g/mol. The fourth-order valence-electron chi connectivity index (χ4n) is 2.12. The highest BCUT2D eigenvalue weighted by Crippen LogP contribution is 2.06. The SMILES string of the molecule is O=C(O)NC(COCc1ccccc1)Cc1ccccc1. The molecule has 0 saturated heterocycles. The van der Waals surface area contributed by atoms with E-state index in [0.29, 0.717) is 19.6 Å². The van der Waals surface area contributed by atoms with Crippen LogP contribution in [0.15, 0.2) is 60.7 Å². The Morgan fingerprint density at radius 1 is 1.00 bits per heavy atom. The first-order valence-corrected chi connectivity index (χ1v) is 6.89. The van der Waals surface area contributed by atoms with Gasteiger partial charge in [0.25, 0.3) is 0 Å². The van der Waals surface area contributed by atoms with Crippen LogP contribution in [0.2, 0.25) is 0 Å². The lowest BCUT2D eigenvalue weighted by atomic mass is 10.1. The van der Waals surface area contributed by atoms with Crippen molar-refractivity contribution in [1.29, 1.82) is 0 Å². The third kappa shape index (κ3) is 5.67. The predicted molar refractivity (Wildman–Crippen MR) is 81.2 cm³/mol. The molecule has 0 aliphatic carbocycles. The molecular formula is C17H19NO3. The van der Waals surface area contributed by atoms with Crippen molar-refractivity contribution in [2.24, 2.45) is 0 Å². The molecule has 0 aliphatic heterocycles. The third-order valence-corrected chi connectivity index (χ3v) is 3.08. The summed E-state index contributed by atoms with van der Waals surface area (Å²) in [4.78, 5) is 10.9. The molecule has 0 radical (unpaired) electrons. The Labute approximate surface area is 124 Å². The second-order valence-corrected chi connectivity index (χ2v) is 4.84. The van der Waals surface area contributed by atoms with Gasteiger partial charge in [0.15, 0.2) is 0 Å². The smallest absolute Gasteiger partial charge is 0.404 e. The fourth-order valence-corrected chi connectivity index (χ4v) is 2.12. The number of hydrogen-bond donors (Lipinski definition) is 2. The maximum atomic E-state index is 10.9. The normalized spacial score (nSPS) is 11.8. The van der Waals surface area contributed by atoms with Gasteiger partial charge in [-0.25, -0.2) is 4.79 Å². The maximum absolute atomic E-state index is 10.9. The van der Waals surface area contributed by atoms with E-state index in [-0.39, 0.29) is 6.04 Å². The van der Waals surface area contributed by atoms with E-state index in [1.807, 2.05) is 60.7 Å². The molecule has 4 heteroatoms. The first-order chi connectivity index (χ1) is 10.2. The van der Waals surface area contributed by atoms with E-state index in [4.69, 9.17) is 9.84 Å². The lowest BCUT2D eigenvalue weighted by Crippen LogP contribution is -2.38. The van der Waals surface area contributed by atoms with E-state index >= 15 is 0 Å². The van der Waals surface area contributed by atoms with Gasteiger partial charge >= 0.3 is 6.09 Å². The van der Waals surface area contributed by atoms with E-state index in [2.05, 4.69) is 5.32 Å². The summed E-state index contributed by atoms with van der Waals surface area (Å²) in [6.07, 6.45) is -0.415. The van der Waals surface area contributed by atoms with Crippen LogP contribution in [0.1, 0.15) is 11.1 Å². The van der Waals surface area contributed by atoms with Gasteiger partial charge in [-0.05, 0) is 17.5 Å². The van der Waals surface area contributed by atoms with Gasteiger partial charge in [0.1, 0.15) is 0 Å². The van der Waals surface area contributed by atoms with Gasteiger partial charge in [-0.1, -0.05) is 60.7 Å². The van der Waals surface area contributed by atoms with Gasteiger partial charge in [-0.15, -0.1) is 0 Å². The quantitative estimate of drug-likeness (QED) is 0.822. The third-order valence-electron chi connectivity index (χ3n) is 3.08. The van der Waals surface area contributed by atoms with E-state index in [9.17, 15) is 4.79 Å². The molecule has 0 spiro atoms. The molecule has 0 aromatic heterocycles. The van der Waals surface area contributed by atoms with Gasteiger partial charge in [0.05, 0.1) is 19.3 Å². The molecule has 1 atom stereocenters. The Hall–Kier alpha value is -2.33. The molecule has 0 aliphatic rings. The number of hydrogen-bond acceptors (Lipinski definition) is 2. The molecule has 0 heterocycles.